The molecule has 1 aromatic rings. The molecule has 1 aliphatic rings. The van der Waals surface area contributed by atoms with Crippen LogP contribution in [0.1, 0.15) is 17.8 Å². The van der Waals surface area contributed by atoms with Gasteiger partial charge in [0.2, 0.25) is 5.91 Å². The molecule has 0 radical (unpaired) electrons. The topological polar surface area (TPSA) is 76.1 Å². The first-order chi connectivity index (χ1) is 7.08. The van der Waals surface area contributed by atoms with Crippen LogP contribution in [0.15, 0.2) is 0 Å². The summed E-state index contributed by atoms with van der Waals surface area (Å²) in [6.45, 7) is 3.63. The van der Waals surface area contributed by atoms with Crippen LogP contribution in [0, 0.1) is 13.8 Å². The Bertz CT molecular complexity index is 444. The molecule has 15 heavy (non-hydrogen) atoms. The molecule has 6 nitrogen and oxygen atoms in total. The van der Waals surface area contributed by atoms with Crippen molar-refractivity contribution in [2.75, 3.05) is 11.4 Å². The molecule has 1 aromatic heterocycles. The number of nitrogens with zero attached hydrogens (tertiary/aromatic N) is 4. The number of Topliss-reactive ketones (excluding diaryl/α,β-unsaturated/α-hetero) is 1. The number of ketones is 1. The van der Waals surface area contributed by atoms with Crippen molar-refractivity contribution in [1.29, 1.82) is 0 Å². The van der Waals surface area contributed by atoms with Gasteiger partial charge in [0.15, 0.2) is 5.78 Å². The van der Waals surface area contributed by atoms with Crippen LogP contribution in [0.3, 0.4) is 0 Å². The normalized spacial score (nSPS) is 16.3. The summed E-state index contributed by atoms with van der Waals surface area (Å²) in [5, 5.41) is 7.66. The number of rotatable bonds is 1. The first-order valence-electron chi connectivity index (χ1n) is 4.58. The standard InChI is InChI=1S/C9H10N4O2/c1-5-6(2)11-12-9(10-5)13-4-7(14)3-8(13)15/h3-4H2,1-2H3. The van der Waals surface area contributed by atoms with Gasteiger partial charge in [-0.3, -0.25) is 14.5 Å². The summed E-state index contributed by atoms with van der Waals surface area (Å²) in [6, 6.07) is 0. The van der Waals surface area contributed by atoms with Gasteiger partial charge >= 0.3 is 0 Å². The van der Waals surface area contributed by atoms with Crippen LogP contribution in [0.4, 0.5) is 5.95 Å². The summed E-state index contributed by atoms with van der Waals surface area (Å²) in [6.07, 6.45) is -0.0592. The molecule has 0 aromatic carbocycles. The van der Waals surface area contributed by atoms with Crippen LogP contribution in [0.2, 0.25) is 0 Å². The molecule has 1 saturated heterocycles. The average Bonchev–Trinajstić information content (AvgIpc) is 2.50. The van der Waals surface area contributed by atoms with E-state index in [0.717, 1.165) is 5.69 Å². The summed E-state index contributed by atoms with van der Waals surface area (Å²) in [7, 11) is 0. The largest absolute Gasteiger partial charge is 0.297 e. The zero-order valence-electron chi connectivity index (χ0n) is 8.52. The average molecular weight is 206 g/mol. The summed E-state index contributed by atoms with van der Waals surface area (Å²) in [5.74, 6) is -0.152. The van der Waals surface area contributed by atoms with Crippen LogP contribution >= 0.6 is 0 Å². The number of carbonyl (C=O) groups is 2. The van der Waals surface area contributed by atoms with E-state index in [1.807, 2.05) is 0 Å². The molecule has 6 heteroatoms. The Morgan fingerprint density at radius 2 is 1.87 bits per heavy atom. The van der Waals surface area contributed by atoms with E-state index in [4.69, 9.17) is 0 Å². The SMILES string of the molecule is Cc1nnc(N2CC(=O)CC2=O)nc1C. The fourth-order valence-corrected chi connectivity index (χ4v) is 1.33. The second-order valence-electron chi connectivity index (χ2n) is 3.48. The van der Waals surface area contributed by atoms with Crippen molar-refractivity contribution in [2.45, 2.75) is 20.3 Å². The highest BCUT2D eigenvalue weighted by atomic mass is 16.2. The van der Waals surface area contributed by atoms with Crippen LogP contribution in [0.5, 0.6) is 0 Å². The quantitative estimate of drug-likeness (QED) is 0.594. The van der Waals surface area contributed by atoms with Crippen molar-refractivity contribution in [3.8, 4) is 0 Å². The van der Waals surface area contributed by atoms with Gasteiger partial charge < -0.3 is 0 Å². The Hall–Kier alpha value is -1.85. The van der Waals surface area contributed by atoms with E-state index in [2.05, 4.69) is 15.2 Å². The smallest absolute Gasteiger partial charge is 0.252 e. The Morgan fingerprint density at radius 3 is 2.40 bits per heavy atom. The predicted molar refractivity (Wildman–Crippen MR) is 51.3 cm³/mol. The van der Waals surface area contributed by atoms with Gasteiger partial charge in [0.1, 0.15) is 0 Å². The van der Waals surface area contributed by atoms with Crippen LogP contribution in [-0.4, -0.2) is 33.4 Å². The molecule has 2 rings (SSSR count). The molecule has 0 bridgehead atoms. The third kappa shape index (κ3) is 1.70. The Kier molecular flexibility index (Phi) is 2.18. The molecule has 0 spiro atoms. The van der Waals surface area contributed by atoms with Gasteiger partial charge in [-0.2, -0.15) is 5.10 Å². The lowest BCUT2D eigenvalue weighted by molar-refractivity contribution is -0.121. The van der Waals surface area contributed by atoms with Crippen LogP contribution in [-0.2, 0) is 9.59 Å². The van der Waals surface area contributed by atoms with Gasteiger partial charge in [0, 0.05) is 0 Å². The number of carbonyl (C=O) groups excluding carboxylic acids is 2. The Balaban J connectivity index is 2.34. The zero-order chi connectivity index (χ0) is 11.0. The fraction of sp³-hybridized carbons (Fsp3) is 0.444. The molecule has 78 valence electrons. The lowest BCUT2D eigenvalue weighted by atomic mass is 10.3. The second kappa shape index (κ2) is 3.38. The van der Waals surface area contributed by atoms with E-state index < -0.39 is 0 Å². The summed E-state index contributed by atoms with van der Waals surface area (Å²) >= 11 is 0. The maximum absolute atomic E-state index is 11.4. The monoisotopic (exact) mass is 206 g/mol. The maximum atomic E-state index is 11.4. The molecule has 1 amide bonds. The molecule has 1 aliphatic heterocycles. The van der Waals surface area contributed by atoms with E-state index >= 15 is 0 Å². The number of hydrogen-bond donors (Lipinski definition) is 0. The summed E-state index contributed by atoms with van der Waals surface area (Å²) in [4.78, 5) is 27.8. The third-order valence-electron chi connectivity index (χ3n) is 2.31. The molecular weight excluding hydrogens is 196 g/mol. The summed E-state index contributed by atoms with van der Waals surface area (Å²) in [5.41, 5.74) is 1.43. The summed E-state index contributed by atoms with van der Waals surface area (Å²) < 4.78 is 0. The Labute approximate surface area is 86.3 Å². The third-order valence-corrected chi connectivity index (χ3v) is 2.31. The van der Waals surface area contributed by atoms with Crippen LogP contribution in [0.25, 0.3) is 0 Å². The van der Waals surface area contributed by atoms with E-state index in [1.165, 1.54) is 4.90 Å². The number of aryl methyl sites for hydroxylation is 2. The molecule has 1 fully saturated rings. The minimum absolute atomic E-state index is 0.0585. The minimum atomic E-state index is -0.259. The van der Waals surface area contributed by atoms with Crippen molar-refractivity contribution in [3.05, 3.63) is 11.4 Å². The first-order valence-corrected chi connectivity index (χ1v) is 4.58. The second-order valence-corrected chi connectivity index (χ2v) is 3.48. The fourth-order valence-electron chi connectivity index (χ4n) is 1.33. The van der Waals surface area contributed by atoms with Crippen LogP contribution < -0.4 is 4.90 Å². The molecule has 2 heterocycles. The minimum Gasteiger partial charge on any atom is -0.297 e. The van der Waals surface area contributed by atoms with Crippen molar-refractivity contribution >= 4 is 17.6 Å². The first kappa shape index (κ1) is 9.70. The Morgan fingerprint density at radius 1 is 1.13 bits per heavy atom. The number of hydrogen-bond acceptors (Lipinski definition) is 5. The van der Waals surface area contributed by atoms with Gasteiger partial charge in [-0.15, -0.1) is 5.10 Å². The van der Waals surface area contributed by atoms with Gasteiger partial charge in [-0.1, -0.05) is 0 Å². The number of anilines is 1. The highest BCUT2D eigenvalue weighted by Crippen LogP contribution is 2.14. The van der Waals surface area contributed by atoms with E-state index in [1.54, 1.807) is 13.8 Å². The molecule has 0 atom stereocenters. The van der Waals surface area contributed by atoms with E-state index in [-0.39, 0.29) is 30.6 Å². The lowest BCUT2D eigenvalue weighted by Gasteiger charge is -2.11. The van der Waals surface area contributed by atoms with Crippen molar-refractivity contribution in [3.63, 3.8) is 0 Å². The molecular formula is C9H10N4O2. The molecule has 0 N–H and O–H groups in total. The van der Waals surface area contributed by atoms with Gasteiger partial charge in [0.25, 0.3) is 5.95 Å². The highest BCUT2D eigenvalue weighted by Gasteiger charge is 2.30. The van der Waals surface area contributed by atoms with Gasteiger partial charge in [-0.05, 0) is 13.8 Å². The van der Waals surface area contributed by atoms with Crippen molar-refractivity contribution < 1.29 is 9.59 Å². The molecule has 0 saturated carbocycles. The van der Waals surface area contributed by atoms with Gasteiger partial charge in [-0.25, -0.2) is 4.98 Å². The number of amides is 1. The lowest BCUT2D eigenvalue weighted by Crippen LogP contribution is -2.27. The maximum Gasteiger partial charge on any atom is 0.252 e. The molecule has 0 unspecified atom stereocenters. The predicted octanol–water partition coefficient (Wildman–Crippen LogP) is -0.206. The molecule has 0 aliphatic carbocycles. The highest BCUT2D eigenvalue weighted by molar-refractivity contribution is 6.14. The van der Waals surface area contributed by atoms with Crippen molar-refractivity contribution in [2.24, 2.45) is 0 Å². The van der Waals surface area contributed by atoms with Crippen molar-refractivity contribution in [1.82, 2.24) is 15.2 Å². The van der Waals surface area contributed by atoms with Gasteiger partial charge in [0.05, 0.1) is 24.4 Å². The van der Waals surface area contributed by atoms with E-state index in [0.29, 0.717) is 5.69 Å². The van der Waals surface area contributed by atoms with E-state index in [9.17, 15) is 9.59 Å². The number of aromatic nitrogens is 3. The zero-order valence-corrected chi connectivity index (χ0v) is 8.52.